The molecule has 1 atom stereocenters. The number of phosphoric ester groups is 1. The van der Waals surface area contributed by atoms with Crippen molar-refractivity contribution < 1.29 is 97.1 Å². The molecule has 0 spiro atoms. The number of nitrogens with one attached hydrogen (secondary N) is 1. The van der Waals surface area contributed by atoms with E-state index in [1.165, 1.54) is 77.0 Å². The molecular weight excluding hydrogens is 555 g/mol. The zero-order valence-electron chi connectivity index (χ0n) is 25.8. The number of esters is 1. The van der Waals surface area contributed by atoms with Crippen molar-refractivity contribution in [1.29, 1.82) is 0 Å². The van der Waals surface area contributed by atoms with Gasteiger partial charge in [-0.25, -0.2) is 0 Å². The van der Waals surface area contributed by atoms with E-state index < -0.39 is 20.5 Å². The molecule has 0 radical (unpaired) electrons. The van der Waals surface area contributed by atoms with Gasteiger partial charge in [-0.3, -0.25) is 9.59 Å². The van der Waals surface area contributed by atoms with E-state index >= 15 is 0 Å². The summed E-state index contributed by atoms with van der Waals surface area (Å²) < 4.78 is 25.3. The molecule has 12 heteroatoms. The zero-order chi connectivity index (χ0) is 28.2. The van der Waals surface area contributed by atoms with E-state index in [0.29, 0.717) is 13.1 Å². The van der Waals surface area contributed by atoms with Crippen molar-refractivity contribution in [2.45, 2.75) is 141 Å². The first-order chi connectivity index (χ1) is 18.4. The van der Waals surface area contributed by atoms with E-state index in [4.69, 9.17) is 4.74 Å². The summed E-state index contributed by atoms with van der Waals surface area (Å²) in [6.45, 7) is 3.76. The van der Waals surface area contributed by atoms with Gasteiger partial charge in [0.25, 0.3) is 6.47 Å². The molecular formula is C28H54NNa2O8P. The maximum atomic E-state index is 12.2. The molecule has 0 saturated carbocycles. The Morgan fingerprint density at radius 2 is 1.25 bits per heavy atom. The summed E-state index contributed by atoms with van der Waals surface area (Å²) in [5, 5.41) is 3.19. The van der Waals surface area contributed by atoms with Crippen LogP contribution in [0.4, 0.5) is 0 Å². The SMILES string of the molecule is CCCCCCCCCCC(=O)O[C@@H](CNCCCCCCCCCCCCCOC=O)COP(=O)([O-])[O-].[Na+].[Na+]. The minimum Gasteiger partial charge on any atom is -0.790 e. The summed E-state index contributed by atoms with van der Waals surface area (Å²) in [6.07, 6.45) is 21.1. The van der Waals surface area contributed by atoms with Gasteiger partial charge in [-0.15, -0.1) is 0 Å². The standard InChI is InChI=1S/C28H56NO8P.2Na/c1-2-3-4-5-6-12-15-18-21-28(31)37-27(25-36-38(32,33)34)24-29-22-19-16-13-10-8-7-9-11-14-17-20-23-35-26-30;;/h26-27,29H,2-25H2,1H3,(H2,32,33,34);;/q;2*+1/p-2/t27-;;/m0../s1. The van der Waals surface area contributed by atoms with Crippen LogP contribution < -0.4 is 74.2 Å². The first kappa shape index (κ1) is 45.4. The molecule has 0 unspecified atom stereocenters. The largest absolute Gasteiger partial charge is 1.00 e. The maximum absolute atomic E-state index is 12.2. The Bertz CT molecular complexity index is 599. The van der Waals surface area contributed by atoms with Crippen LogP contribution in [0.1, 0.15) is 135 Å². The number of phosphoric acid groups is 1. The average molecular weight is 610 g/mol. The molecule has 0 fully saturated rings. The van der Waals surface area contributed by atoms with E-state index in [1.807, 2.05) is 0 Å². The van der Waals surface area contributed by atoms with E-state index in [0.717, 1.165) is 51.5 Å². The summed E-state index contributed by atoms with van der Waals surface area (Å²) in [6, 6.07) is 0. The van der Waals surface area contributed by atoms with Gasteiger partial charge in [0.1, 0.15) is 6.10 Å². The Balaban J connectivity index is -0.00000684. The quantitative estimate of drug-likeness (QED) is 0.0370. The predicted octanol–water partition coefficient (Wildman–Crippen LogP) is -0.664. The monoisotopic (exact) mass is 609 g/mol. The molecule has 226 valence electrons. The molecule has 0 heterocycles. The van der Waals surface area contributed by atoms with Crippen molar-refractivity contribution in [2.24, 2.45) is 0 Å². The number of hydrogen-bond donors (Lipinski definition) is 1. The van der Waals surface area contributed by atoms with Gasteiger partial charge in [0.15, 0.2) is 0 Å². The molecule has 0 aromatic rings. The summed E-state index contributed by atoms with van der Waals surface area (Å²) in [5.74, 6) is -0.384. The average Bonchev–Trinajstić information content (AvgIpc) is 2.88. The van der Waals surface area contributed by atoms with E-state index in [1.54, 1.807) is 0 Å². The Hall–Kier alpha value is 1.01. The molecule has 40 heavy (non-hydrogen) atoms. The first-order valence-electron chi connectivity index (χ1n) is 15.0. The molecule has 9 nitrogen and oxygen atoms in total. The third-order valence-electron chi connectivity index (χ3n) is 6.51. The molecule has 0 rings (SSSR count). The number of carbonyl (C=O) groups is 2. The van der Waals surface area contributed by atoms with Crippen LogP contribution in [0.2, 0.25) is 0 Å². The van der Waals surface area contributed by atoms with Gasteiger partial charge in [0.2, 0.25) is 0 Å². The number of hydrogen-bond acceptors (Lipinski definition) is 9. The van der Waals surface area contributed by atoms with Crippen LogP contribution in [0.15, 0.2) is 0 Å². The Labute approximate surface area is 288 Å². The third kappa shape index (κ3) is 37.0. The van der Waals surface area contributed by atoms with Gasteiger partial charge in [-0.05, 0) is 25.8 Å². The van der Waals surface area contributed by atoms with Gasteiger partial charge in [0.05, 0.1) is 21.0 Å². The van der Waals surface area contributed by atoms with E-state index in [2.05, 4.69) is 21.5 Å². The van der Waals surface area contributed by atoms with Crippen molar-refractivity contribution in [1.82, 2.24) is 5.32 Å². The second-order valence-corrected chi connectivity index (χ2v) is 11.3. The molecule has 0 bridgehead atoms. The number of unbranched alkanes of at least 4 members (excludes halogenated alkanes) is 17. The van der Waals surface area contributed by atoms with Crippen LogP contribution in [0.3, 0.4) is 0 Å². The normalized spacial score (nSPS) is 11.8. The zero-order valence-corrected chi connectivity index (χ0v) is 30.7. The van der Waals surface area contributed by atoms with E-state index in [-0.39, 0.29) is 78.0 Å². The van der Waals surface area contributed by atoms with Crippen LogP contribution >= 0.6 is 7.82 Å². The van der Waals surface area contributed by atoms with Crippen LogP contribution in [0, 0.1) is 0 Å². The second kappa shape index (κ2) is 34.5. The van der Waals surface area contributed by atoms with Gasteiger partial charge in [0, 0.05) is 13.0 Å². The van der Waals surface area contributed by atoms with Gasteiger partial charge in [-0.2, -0.15) is 0 Å². The third-order valence-corrected chi connectivity index (χ3v) is 6.97. The molecule has 1 N–H and O–H groups in total. The minimum atomic E-state index is -5.12. The molecule has 0 aromatic carbocycles. The summed E-state index contributed by atoms with van der Waals surface area (Å²) in [7, 11) is -5.12. The minimum absolute atomic E-state index is 0. The Morgan fingerprint density at radius 1 is 0.775 bits per heavy atom. The van der Waals surface area contributed by atoms with Crippen LogP contribution in [0.25, 0.3) is 0 Å². The molecule has 0 aliphatic heterocycles. The van der Waals surface area contributed by atoms with E-state index in [9.17, 15) is 23.9 Å². The summed E-state index contributed by atoms with van der Waals surface area (Å²) >= 11 is 0. The van der Waals surface area contributed by atoms with Crippen molar-refractivity contribution in [3.63, 3.8) is 0 Å². The fraction of sp³-hybridized carbons (Fsp3) is 0.929. The molecule has 0 aromatic heterocycles. The first-order valence-corrected chi connectivity index (χ1v) is 16.5. The van der Waals surface area contributed by atoms with Crippen molar-refractivity contribution in [3.8, 4) is 0 Å². The fourth-order valence-electron chi connectivity index (χ4n) is 4.29. The maximum Gasteiger partial charge on any atom is 1.00 e. The fourth-order valence-corrected chi connectivity index (χ4v) is 4.64. The van der Waals surface area contributed by atoms with Crippen LogP contribution in [0.5, 0.6) is 0 Å². The topological polar surface area (TPSA) is 137 Å². The smallest absolute Gasteiger partial charge is 0.790 e. The van der Waals surface area contributed by atoms with Crippen LogP contribution in [-0.4, -0.2) is 44.8 Å². The molecule has 0 aliphatic rings. The number of rotatable bonds is 30. The van der Waals surface area contributed by atoms with Crippen molar-refractivity contribution >= 4 is 20.3 Å². The Kier molecular flexibility index (Phi) is 39.2. The predicted molar refractivity (Wildman–Crippen MR) is 146 cm³/mol. The molecule has 0 amide bonds. The van der Waals surface area contributed by atoms with Crippen molar-refractivity contribution in [3.05, 3.63) is 0 Å². The number of ether oxygens (including phenoxy) is 2. The second-order valence-electron chi connectivity index (χ2n) is 10.1. The van der Waals surface area contributed by atoms with Crippen molar-refractivity contribution in [2.75, 3.05) is 26.3 Å². The summed E-state index contributed by atoms with van der Waals surface area (Å²) in [4.78, 5) is 43.9. The molecule has 0 saturated heterocycles. The molecule has 0 aliphatic carbocycles. The van der Waals surface area contributed by atoms with Gasteiger partial charge >= 0.3 is 65.1 Å². The number of carbonyl (C=O) groups excluding carboxylic acids is 2. The van der Waals surface area contributed by atoms with Gasteiger partial charge < -0.3 is 33.7 Å². The van der Waals surface area contributed by atoms with Gasteiger partial charge in [-0.1, -0.05) is 110 Å². The van der Waals surface area contributed by atoms with Crippen LogP contribution in [-0.2, 0) is 28.2 Å². The Morgan fingerprint density at radius 3 is 1.75 bits per heavy atom. The summed E-state index contributed by atoms with van der Waals surface area (Å²) in [5.41, 5.74) is 0.